The number of nitrogens with two attached hydrogens (primary N) is 1. The van der Waals surface area contributed by atoms with Crippen molar-refractivity contribution in [3.05, 3.63) is 58.1 Å². The molecular formula is C13H10BrF2NO3S. The summed E-state index contributed by atoms with van der Waals surface area (Å²) in [5.41, 5.74) is 0.729. The number of hydrogen-bond donors (Lipinski definition) is 1. The van der Waals surface area contributed by atoms with Gasteiger partial charge in [-0.15, -0.1) is 0 Å². The van der Waals surface area contributed by atoms with Gasteiger partial charge in [-0.1, -0.05) is 34.1 Å². The Kier molecular flexibility index (Phi) is 4.60. The number of sulfonamides is 1. The van der Waals surface area contributed by atoms with Crippen LogP contribution in [0, 0.1) is 11.6 Å². The molecule has 0 fully saturated rings. The first-order valence-corrected chi connectivity index (χ1v) is 8.01. The fraction of sp³-hybridized carbons (Fsp3) is 0.0769. The highest BCUT2D eigenvalue weighted by atomic mass is 79.9. The first-order valence-electron chi connectivity index (χ1n) is 5.67. The molecule has 0 heterocycles. The molecule has 0 bridgehead atoms. The van der Waals surface area contributed by atoms with Crippen molar-refractivity contribution in [3.63, 3.8) is 0 Å². The van der Waals surface area contributed by atoms with E-state index < -0.39 is 32.3 Å². The average Bonchev–Trinajstić information content (AvgIpc) is 2.40. The zero-order valence-electron chi connectivity index (χ0n) is 10.5. The predicted octanol–water partition coefficient (Wildman–Crippen LogP) is 2.95. The number of primary sulfonamides is 1. The Hall–Kier alpha value is -1.51. The van der Waals surface area contributed by atoms with Crippen molar-refractivity contribution in [2.45, 2.75) is 11.5 Å². The van der Waals surface area contributed by atoms with Crippen molar-refractivity contribution in [3.8, 4) is 5.75 Å². The maximum atomic E-state index is 13.8. The lowest BCUT2D eigenvalue weighted by Crippen LogP contribution is -2.15. The molecule has 2 aromatic carbocycles. The van der Waals surface area contributed by atoms with Crippen LogP contribution in [0.1, 0.15) is 5.56 Å². The Morgan fingerprint density at radius 1 is 1.10 bits per heavy atom. The number of ether oxygens (including phenoxy) is 1. The van der Waals surface area contributed by atoms with Crippen LogP contribution in [-0.4, -0.2) is 8.42 Å². The molecule has 112 valence electrons. The maximum absolute atomic E-state index is 13.8. The summed E-state index contributed by atoms with van der Waals surface area (Å²) in [4.78, 5) is -0.909. The zero-order chi connectivity index (χ0) is 15.6. The first-order chi connectivity index (χ1) is 9.80. The molecule has 0 spiro atoms. The van der Waals surface area contributed by atoms with Crippen LogP contribution in [-0.2, 0) is 16.6 Å². The van der Waals surface area contributed by atoms with Gasteiger partial charge in [0.05, 0.1) is 0 Å². The van der Waals surface area contributed by atoms with E-state index in [1.807, 2.05) is 0 Å². The monoisotopic (exact) mass is 377 g/mol. The van der Waals surface area contributed by atoms with Gasteiger partial charge in [0.1, 0.15) is 11.5 Å². The molecule has 2 rings (SSSR count). The molecule has 21 heavy (non-hydrogen) atoms. The fourth-order valence-corrected chi connectivity index (χ4v) is 2.61. The molecule has 0 saturated carbocycles. The van der Waals surface area contributed by atoms with Gasteiger partial charge in [0.2, 0.25) is 15.8 Å². The zero-order valence-corrected chi connectivity index (χ0v) is 12.9. The molecule has 0 atom stereocenters. The quantitative estimate of drug-likeness (QED) is 0.890. The number of rotatable bonds is 4. The van der Waals surface area contributed by atoms with Crippen molar-refractivity contribution < 1.29 is 21.9 Å². The van der Waals surface area contributed by atoms with Crippen LogP contribution in [0.25, 0.3) is 0 Å². The molecule has 2 aromatic rings. The van der Waals surface area contributed by atoms with E-state index in [1.54, 1.807) is 24.3 Å². The highest BCUT2D eigenvalue weighted by molar-refractivity contribution is 9.10. The summed E-state index contributed by atoms with van der Waals surface area (Å²) in [6.07, 6.45) is 0. The van der Waals surface area contributed by atoms with Crippen LogP contribution in [0.5, 0.6) is 5.75 Å². The van der Waals surface area contributed by atoms with E-state index in [1.165, 1.54) is 0 Å². The Morgan fingerprint density at radius 2 is 1.76 bits per heavy atom. The molecule has 0 aliphatic carbocycles. The number of benzene rings is 2. The molecular weight excluding hydrogens is 368 g/mol. The van der Waals surface area contributed by atoms with Crippen LogP contribution in [0.15, 0.2) is 45.8 Å². The van der Waals surface area contributed by atoms with Crippen molar-refractivity contribution in [2.24, 2.45) is 5.14 Å². The Labute approximate surface area is 128 Å². The summed E-state index contributed by atoms with van der Waals surface area (Å²) in [6, 6.07) is 8.98. The van der Waals surface area contributed by atoms with Gasteiger partial charge in [-0.3, -0.25) is 0 Å². The summed E-state index contributed by atoms with van der Waals surface area (Å²) in [7, 11) is -4.32. The minimum atomic E-state index is -4.32. The minimum Gasteiger partial charge on any atom is -0.486 e. The molecule has 0 amide bonds. The van der Waals surface area contributed by atoms with E-state index in [9.17, 15) is 17.2 Å². The predicted molar refractivity (Wildman–Crippen MR) is 76.2 cm³/mol. The second-order valence-electron chi connectivity index (χ2n) is 4.11. The van der Waals surface area contributed by atoms with Gasteiger partial charge in [0.15, 0.2) is 11.6 Å². The third-order valence-corrected chi connectivity index (χ3v) is 4.36. The van der Waals surface area contributed by atoms with E-state index >= 15 is 0 Å². The normalized spacial score (nSPS) is 11.4. The molecule has 0 aliphatic rings. The molecule has 0 saturated heterocycles. The molecule has 2 N–H and O–H groups in total. The molecule has 0 unspecified atom stereocenters. The number of halogens is 3. The Balaban J connectivity index is 2.27. The van der Waals surface area contributed by atoms with Gasteiger partial charge in [-0.05, 0) is 18.2 Å². The van der Waals surface area contributed by atoms with Gasteiger partial charge < -0.3 is 4.74 Å². The molecule has 0 radical (unpaired) electrons. The van der Waals surface area contributed by atoms with Crippen molar-refractivity contribution in [1.29, 1.82) is 0 Å². The van der Waals surface area contributed by atoms with E-state index in [0.29, 0.717) is 0 Å². The van der Waals surface area contributed by atoms with E-state index in [0.717, 1.165) is 22.2 Å². The smallest absolute Gasteiger partial charge is 0.241 e. The summed E-state index contributed by atoms with van der Waals surface area (Å²) in [6.45, 7) is -0.00744. The van der Waals surface area contributed by atoms with Crippen LogP contribution in [0.4, 0.5) is 8.78 Å². The largest absolute Gasteiger partial charge is 0.486 e. The second-order valence-corrected chi connectivity index (χ2v) is 6.50. The average molecular weight is 378 g/mol. The standard InChI is InChI=1S/C13H10BrF2NO3S/c14-9-4-2-1-3-8(9)7-20-10-5-6-11(21(17,18)19)13(16)12(10)15/h1-6H,7H2,(H2,17,18,19). The minimum absolute atomic E-state index is 0.00744. The highest BCUT2D eigenvalue weighted by Crippen LogP contribution is 2.26. The lowest BCUT2D eigenvalue weighted by atomic mass is 10.2. The third-order valence-electron chi connectivity index (χ3n) is 2.66. The van der Waals surface area contributed by atoms with E-state index in [4.69, 9.17) is 9.88 Å². The van der Waals surface area contributed by atoms with Gasteiger partial charge in [-0.25, -0.2) is 17.9 Å². The first kappa shape index (κ1) is 15.9. The maximum Gasteiger partial charge on any atom is 0.241 e. The van der Waals surface area contributed by atoms with Crippen LogP contribution < -0.4 is 9.88 Å². The Bertz CT molecular complexity index is 781. The molecule has 0 aliphatic heterocycles. The van der Waals surface area contributed by atoms with Gasteiger partial charge in [0, 0.05) is 10.0 Å². The van der Waals surface area contributed by atoms with Crippen LogP contribution in [0.3, 0.4) is 0 Å². The van der Waals surface area contributed by atoms with Gasteiger partial charge >= 0.3 is 0 Å². The van der Waals surface area contributed by atoms with E-state index in [-0.39, 0.29) is 6.61 Å². The highest BCUT2D eigenvalue weighted by Gasteiger charge is 2.21. The lowest BCUT2D eigenvalue weighted by Gasteiger charge is -2.10. The second kappa shape index (κ2) is 6.08. The lowest BCUT2D eigenvalue weighted by molar-refractivity contribution is 0.282. The molecule has 4 nitrogen and oxygen atoms in total. The SMILES string of the molecule is NS(=O)(=O)c1ccc(OCc2ccccc2Br)c(F)c1F. The van der Waals surface area contributed by atoms with Crippen LogP contribution >= 0.6 is 15.9 Å². The van der Waals surface area contributed by atoms with Gasteiger partial charge in [0.25, 0.3) is 0 Å². The third kappa shape index (κ3) is 3.58. The van der Waals surface area contributed by atoms with Gasteiger partial charge in [-0.2, -0.15) is 4.39 Å². The van der Waals surface area contributed by atoms with Crippen LogP contribution in [0.2, 0.25) is 0 Å². The summed E-state index contributed by atoms with van der Waals surface area (Å²) in [5, 5.41) is 4.78. The Morgan fingerprint density at radius 3 is 2.38 bits per heavy atom. The fourth-order valence-electron chi connectivity index (χ4n) is 1.62. The van der Waals surface area contributed by atoms with E-state index in [2.05, 4.69) is 15.9 Å². The van der Waals surface area contributed by atoms with Crippen molar-refractivity contribution in [2.75, 3.05) is 0 Å². The summed E-state index contributed by atoms with van der Waals surface area (Å²) < 4.78 is 55.5. The molecule has 0 aromatic heterocycles. The molecule has 8 heteroatoms. The van der Waals surface area contributed by atoms with Crippen molar-refractivity contribution >= 4 is 26.0 Å². The summed E-state index contributed by atoms with van der Waals surface area (Å²) >= 11 is 3.30. The van der Waals surface area contributed by atoms with Crippen molar-refractivity contribution in [1.82, 2.24) is 0 Å². The topological polar surface area (TPSA) is 69.4 Å². The summed E-state index contributed by atoms with van der Waals surface area (Å²) in [5.74, 6) is -3.34. The number of hydrogen-bond acceptors (Lipinski definition) is 3.